The van der Waals surface area contributed by atoms with Gasteiger partial charge in [-0.05, 0) is 28.9 Å². The number of hydrogen-bond donors (Lipinski definition) is 1. The van der Waals surface area contributed by atoms with E-state index >= 15 is 0 Å². The third kappa shape index (κ3) is 1.70. The van der Waals surface area contributed by atoms with E-state index in [1.165, 1.54) is 0 Å². The predicted octanol–water partition coefficient (Wildman–Crippen LogP) is 2.64. The van der Waals surface area contributed by atoms with Crippen LogP contribution in [-0.2, 0) is 0 Å². The van der Waals surface area contributed by atoms with Crippen LogP contribution in [-0.4, -0.2) is 10.9 Å². The second-order valence-corrected chi connectivity index (χ2v) is 3.29. The minimum atomic E-state index is -1.42. The zero-order valence-corrected chi connectivity index (χ0v) is 8.15. The Morgan fingerprint density at radius 1 is 1.46 bits per heavy atom. The van der Waals surface area contributed by atoms with E-state index in [1.54, 1.807) is 0 Å². The van der Waals surface area contributed by atoms with Crippen molar-refractivity contribution in [1.82, 2.24) is 0 Å². The Balaban J connectivity index is 3.50. The molecule has 0 spiro atoms. The number of phenols is 1. The van der Waals surface area contributed by atoms with E-state index in [-0.39, 0.29) is 10.0 Å². The summed E-state index contributed by atoms with van der Waals surface area (Å²) in [5, 5.41) is 9.02. The lowest BCUT2D eigenvalue weighted by Gasteiger charge is -2.04. The van der Waals surface area contributed by atoms with Gasteiger partial charge in [0.2, 0.25) is 5.82 Å². The Labute approximate surface area is 81.3 Å². The second-order valence-electron chi connectivity index (χ2n) is 2.44. The van der Waals surface area contributed by atoms with Crippen molar-refractivity contribution >= 4 is 21.7 Å². The highest BCUT2D eigenvalue weighted by molar-refractivity contribution is 9.10. The van der Waals surface area contributed by atoms with Crippen molar-refractivity contribution < 1.29 is 18.7 Å². The summed E-state index contributed by atoms with van der Waals surface area (Å²) in [5.41, 5.74) is -0.245. The minimum absolute atomic E-state index is 0.187. The topological polar surface area (TPSA) is 37.3 Å². The first-order valence-corrected chi connectivity index (χ1v) is 4.12. The maximum Gasteiger partial charge on any atom is 0.202 e. The molecule has 0 atom stereocenters. The summed E-state index contributed by atoms with van der Waals surface area (Å²) in [4.78, 5) is 10.8. The number of benzene rings is 1. The molecule has 0 aliphatic rings. The SMILES string of the molecule is CC(=O)c1cc(Br)c(F)c(F)c1O. The van der Waals surface area contributed by atoms with E-state index in [1.807, 2.05) is 0 Å². The molecule has 0 radical (unpaired) electrons. The number of rotatable bonds is 1. The average molecular weight is 251 g/mol. The average Bonchev–Trinajstić information content (AvgIpc) is 2.07. The van der Waals surface area contributed by atoms with E-state index in [4.69, 9.17) is 5.11 Å². The lowest BCUT2D eigenvalue weighted by atomic mass is 10.1. The summed E-state index contributed by atoms with van der Waals surface area (Å²) in [6.45, 7) is 1.15. The van der Waals surface area contributed by atoms with Crippen molar-refractivity contribution in [3.63, 3.8) is 0 Å². The molecule has 0 heterocycles. The number of ketones is 1. The number of halogens is 3. The van der Waals surface area contributed by atoms with Crippen molar-refractivity contribution in [2.75, 3.05) is 0 Å². The molecule has 0 fully saturated rings. The first-order valence-electron chi connectivity index (χ1n) is 3.32. The van der Waals surface area contributed by atoms with Gasteiger partial charge in [-0.2, -0.15) is 4.39 Å². The van der Waals surface area contributed by atoms with Crippen LogP contribution in [0, 0.1) is 11.6 Å². The van der Waals surface area contributed by atoms with E-state index in [2.05, 4.69) is 15.9 Å². The van der Waals surface area contributed by atoms with Gasteiger partial charge >= 0.3 is 0 Å². The highest BCUT2D eigenvalue weighted by Gasteiger charge is 2.18. The highest BCUT2D eigenvalue weighted by Crippen LogP contribution is 2.29. The first kappa shape index (κ1) is 10.1. The Morgan fingerprint density at radius 2 is 2.00 bits per heavy atom. The van der Waals surface area contributed by atoms with Gasteiger partial charge < -0.3 is 5.11 Å². The van der Waals surface area contributed by atoms with Gasteiger partial charge in [0.15, 0.2) is 17.3 Å². The van der Waals surface area contributed by atoms with Gasteiger partial charge in [0.05, 0.1) is 10.0 Å². The molecular weight excluding hydrogens is 246 g/mol. The van der Waals surface area contributed by atoms with Crippen molar-refractivity contribution in [3.05, 3.63) is 27.7 Å². The summed E-state index contributed by atoms with van der Waals surface area (Å²) in [6, 6.07) is 1.04. The molecule has 13 heavy (non-hydrogen) atoms. The van der Waals surface area contributed by atoms with Crippen LogP contribution in [0.2, 0.25) is 0 Å². The van der Waals surface area contributed by atoms with Crippen LogP contribution < -0.4 is 0 Å². The molecule has 0 unspecified atom stereocenters. The summed E-state index contributed by atoms with van der Waals surface area (Å²) < 4.78 is 25.4. The third-order valence-electron chi connectivity index (χ3n) is 1.52. The molecule has 1 rings (SSSR count). The van der Waals surface area contributed by atoms with Gasteiger partial charge in [-0.1, -0.05) is 0 Å². The summed E-state index contributed by atoms with van der Waals surface area (Å²) in [6.07, 6.45) is 0. The van der Waals surface area contributed by atoms with Crippen molar-refractivity contribution in [1.29, 1.82) is 0 Å². The fourth-order valence-electron chi connectivity index (χ4n) is 0.854. The lowest BCUT2D eigenvalue weighted by molar-refractivity contribution is 0.101. The van der Waals surface area contributed by atoms with Crippen LogP contribution in [0.15, 0.2) is 10.5 Å². The Morgan fingerprint density at radius 3 is 2.46 bits per heavy atom. The molecule has 0 aromatic heterocycles. The molecule has 5 heteroatoms. The standard InChI is InChI=1S/C8H5BrF2O2/c1-3(12)4-2-5(9)6(10)7(11)8(4)13/h2,13H,1H3. The largest absolute Gasteiger partial charge is 0.504 e. The number of carbonyl (C=O) groups is 1. The minimum Gasteiger partial charge on any atom is -0.504 e. The summed E-state index contributed by atoms with van der Waals surface area (Å²) >= 11 is 2.72. The molecule has 0 saturated carbocycles. The molecule has 2 nitrogen and oxygen atoms in total. The van der Waals surface area contributed by atoms with Crippen LogP contribution in [0.1, 0.15) is 17.3 Å². The summed E-state index contributed by atoms with van der Waals surface area (Å²) in [5.74, 6) is -4.10. The van der Waals surface area contributed by atoms with Crippen LogP contribution in [0.3, 0.4) is 0 Å². The lowest BCUT2D eigenvalue weighted by Crippen LogP contribution is -1.98. The molecule has 1 N–H and O–H groups in total. The maximum absolute atomic E-state index is 12.8. The fraction of sp³-hybridized carbons (Fsp3) is 0.125. The van der Waals surface area contributed by atoms with Gasteiger partial charge in [-0.25, -0.2) is 4.39 Å². The van der Waals surface area contributed by atoms with Crippen molar-refractivity contribution in [2.45, 2.75) is 6.92 Å². The van der Waals surface area contributed by atoms with Gasteiger partial charge in [-0.3, -0.25) is 4.79 Å². The maximum atomic E-state index is 12.8. The smallest absolute Gasteiger partial charge is 0.202 e. The predicted molar refractivity (Wildman–Crippen MR) is 45.7 cm³/mol. The van der Waals surface area contributed by atoms with E-state index < -0.39 is 23.2 Å². The van der Waals surface area contributed by atoms with Crippen molar-refractivity contribution in [3.8, 4) is 5.75 Å². The molecule has 1 aromatic carbocycles. The van der Waals surface area contributed by atoms with Crippen LogP contribution in [0.25, 0.3) is 0 Å². The van der Waals surface area contributed by atoms with E-state index in [9.17, 15) is 13.6 Å². The monoisotopic (exact) mass is 250 g/mol. The van der Waals surface area contributed by atoms with Crippen LogP contribution >= 0.6 is 15.9 Å². The molecule has 0 aliphatic carbocycles. The zero-order chi connectivity index (χ0) is 10.2. The quantitative estimate of drug-likeness (QED) is 0.615. The summed E-state index contributed by atoms with van der Waals surface area (Å²) in [7, 11) is 0. The molecule has 0 saturated heterocycles. The van der Waals surface area contributed by atoms with Crippen LogP contribution in [0.4, 0.5) is 8.78 Å². The molecule has 0 amide bonds. The second kappa shape index (κ2) is 3.41. The molecule has 1 aromatic rings. The molecule has 0 bridgehead atoms. The number of aromatic hydroxyl groups is 1. The van der Waals surface area contributed by atoms with Gasteiger partial charge in [0.1, 0.15) is 0 Å². The number of hydrogen-bond acceptors (Lipinski definition) is 2. The number of phenolic OH excluding ortho intramolecular Hbond substituents is 1. The molecular formula is C8H5BrF2O2. The first-order chi connectivity index (χ1) is 5.95. The van der Waals surface area contributed by atoms with E-state index in [0.717, 1.165) is 13.0 Å². The van der Waals surface area contributed by atoms with Crippen molar-refractivity contribution in [2.24, 2.45) is 0 Å². The van der Waals surface area contributed by atoms with Gasteiger partial charge in [0.25, 0.3) is 0 Å². The van der Waals surface area contributed by atoms with Gasteiger partial charge in [-0.15, -0.1) is 0 Å². The van der Waals surface area contributed by atoms with Gasteiger partial charge in [0, 0.05) is 0 Å². The molecule has 70 valence electrons. The molecule has 0 aliphatic heterocycles. The Hall–Kier alpha value is -0.970. The van der Waals surface area contributed by atoms with E-state index in [0.29, 0.717) is 0 Å². The zero-order valence-electron chi connectivity index (χ0n) is 6.57. The Bertz CT molecular complexity index is 377. The highest BCUT2D eigenvalue weighted by atomic mass is 79.9. The van der Waals surface area contributed by atoms with Crippen LogP contribution in [0.5, 0.6) is 5.75 Å². The number of Topliss-reactive ketones (excluding diaryl/α,β-unsaturated/α-hetero) is 1. The normalized spacial score (nSPS) is 10.2. The third-order valence-corrected chi connectivity index (χ3v) is 2.09. The Kier molecular flexibility index (Phi) is 2.66. The fourth-order valence-corrected chi connectivity index (χ4v) is 1.26. The number of carbonyl (C=O) groups excluding carboxylic acids is 1.